The Labute approximate surface area is 120 Å². The number of nitrogens with one attached hydrogen (secondary N) is 1. The van der Waals surface area contributed by atoms with E-state index in [1.54, 1.807) is 4.72 Å². The molecule has 0 atom stereocenters. The molecule has 2 N–H and O–H groups in total. The van der Waals surface area contributed by atoms with E-state index in [1.165, 1.54) is 0 Å². The molecule has 0 radical (unpaired) electrons. The van der Waals surface area contributed by atoms with Crippen molar-refractivity contribution < 1.29 is 26.7 Å². The summed E-state index contributed by atoms with van der Waals surface area (Å²) < 4.78 is 66.7. The van der Waals surface area contributed by atoms with E-state index in [4.69, 9.17) is 5.11 Å². The monoisotopic (exact) mass is 324 g/mol. The highest BCUT2D eigenvalue weighted by atomic mass is 32.2. The van der Waals surface area contributed by atoms with Gasteiger partial charge in [0.1, 0.15) is 11.5 Å². The number of halogens is 3. The van der Waals surface area contributed by atoms with Crippen molar-refractivity contribution >= 4 is 15.9 Å². The topological polar surface area (TPSA) is 69.6 Å². The summed E-state index contributed by atoms with van der Waals surface area (Å²) >= 11 is 0. The van der Waals surface area contributed by atoms with Crippen molar-refractivity contribution in [2.45, 2.75) is 12.8 Å². The van der Waals surface area contributed by atoms with Gasteiger partial charge in [-0.3, -0.25) is 4.72 Å². The van der Waals surface area contributed by atoms with Crippen molar-refractivity contribution in [3.63, 3.8) is 0 Å². The maximum Gasteiger partial charge on any atom is 0.301 e. The molecule has 1 fully saturated rings. The normalized spacial score (nSPS) is 17.9. The molecule has 0 spiro atoms. The summed E-state index contributed by atoms with van der Waals surface area (Å²) in [6, 6.07) is 0.803. The molecule has 1 aromatic rings. The van der Waals surface area contributed by atoms with Gasteiger partial charge >= 0.3 is 10.2 Å². The summed E-state index contributed by atoms with van der Waals surface area (Å²) in [6.45, 7) is 0.262. The molecular formula is C12H15F3N2O3S. The predicted molar refractivity (Wildman–Crippen MR) is 70.2 cm³/mol. The van der Waals surface area contributed by atoms with Crippen LogP contribution < -0.4 is 4.72 Å². The lowest BCUT2D eigenvalue weighted by atomic mass is 10.00. The molecule has 118 valence electrons. The second-order valence-corrected chi connectivity index (χ2v) is 6.55. The lowest BCUT2D eigenvalue weighted by Gasteiger charge is -2.30. The van der Waals surface area contributed by atoms with Gasteiger partial charge in [0, 0.05) is 31.8 Å². The zero-order valence-corrected chi connectivity index (χ0v) is 11.8. The third kappa shape index (κ3) is 3.66. The Bertz CT molecular complexity index is 593. The Morgan fingerprint density at radius 2 is 1.71 bits per heavy atom. The van der Waals surface area contributed by atoms with Gasteiger partial charge in [0.2, 0.25) is 0 Å². The molecule has 0 bridgehead atoms. The SMILES string of the molecule is O=S(=O)(Nc1c(F)cc(F)cc1F)N1CCC(CO)CC1. The molecule has 0 amide bonds. The minimum atomic E-state index is -4.13. The molecule has 21 heavy (non-hydrogen) atoms. The van der Waals surface area contributed by atoms with Crippen molar-refractivity contribution in [3.8, 4) is 0 Å². The van der Waals surface area contributed by atoms with Crippen LogP contribution in [-0.4, -0.2) is 37.5 Å². The van der Waals surface area contributed by atoms with Crippen molar-refractivity contribution in [1.29, 1.82) is 0 Å². The van der Waals surface area contributed by atoms with Gasteiger partial charge in [-0.05, 0) is 18.8 Å². The molecule has 0 aromatic heterocycles. The van der Waals surface area contributed by atoms with Gasteiger partial charge in [-0.15, -0.1) is 0 Å². The first kappa shape index (κ1) is 16.1. The van der Waals surface area contributed by atoms with Gasteiger partial charge in [0.25, 0.3) is 0 Å². The number of hydrogen-bond acceptors (Lipinski definition) is 3. The fourth-order valence-electron chi connectivity index (χ4n) is 2.17. The summed E-state index contributed by atoms with van der Waals surface area (Å²) in [5, 5.41) is 9.00. The van der Waals surface area contributed by atoms with E-state index in [2.05, 4.69) is 0 Å². The first-order valence-corrected chi connectivity index (χ1v) is 7.81. The largest absolute Gasteiger partial charge is 0.396 e. The molecule has 1 aliphatic rings. The van der Waals surface area contributed by atoms with Crippen molar-refractivity contribution in [1.82, 2.24) is 4.31 Å². The summed E-state index contributed by atoms with van der Waals surface area (Å²) in [7, 11) is -4.13. The number of aliphatic hydroxyl groups excluding tert-OH is 1. The number of rotatable bonds is 4. The third-order valence-corrected chi connectivity index (χ3v) is 4.92. The number of anilines is 1. The Morgan fingerprint density at radius 3 is 2.19 bits per heavy atom. The van der Waals surface area contributed by atoms with Crippen LogP contribution >= 0.6 is 0 Å². The van der Waals surface area contributed by atoms with Crippen LogP contribution in [-0.2, 0) is 10.2 Å². The highest BCUT2D eigenvalue weighted by Gasteiger charge is 2.29. The molecule has 0 aliphatic carbocycles. The van der Waals surface area contributed by atoms with E-state index in [1.807, 2.05) is 0 Å². The van der Waals surface area contributed by atoms with Crippen LogP contribution in [0, 0.1) is 23.4 Å². The highest BCUT2D eigenvalue weighted by Crippen LogP contribution is 2.24. The van der Waals surface area contributed by atoms with Gasteiger partial charge in [-0.2, -0.15) is 12.7 Å². The van der Waals surface area contributed by atoms with Gasteiger partial charge in [-0.25, -0.2) is 13.2 Å². The Hall–Kier alpha value is -1.32. The maximum atomic E-state index is 13.5. The second kappa shape index (κ2) is 6.20. The van der Waals surface area contributed by atoms with E-state index in [-0.39, 0.29) is 25.6 Å². The third-order valence-electron chi connectivity index (χ3n) is 3.41. The summed E-state index contributed by atoms with van der Waals surface area (Å²) in [4.78, 5) is 0. The molecule has 1 saturated heterocycles. The Morgan fingerprint density at radius 1 is 1.19 bits per heavy atom. The first-order chi connectivity index (χ1) is 9.83. The van der Waals surface area contributed by atoms with E-state index in [0.29, 0.717) is 25.0 Å². The maximum absolute atomic E-state index is 13.5. The van der Waals surface area contributed by atoms with Crippen LogP contribution in [0.5, 0.6) is 0 Å². The van der Waals surface area contributed by atoms with Crippen molar-refractivity contribution in [2.75, 3.05) is 24.4 Å². The van der Waals surface area contributed by atoms with Crippen LogP contribution in [0.15, 0.2) is 12.1 Å². The van der Waals surface area contributed by atoms with Crippen LogP contribution in [0.3, 0.4) is 0 Å². The van der Waals surface area contributed by atoms with Gasteiger partial charge in [-0.1, -0.05) is 0 Å². The zero-order valence-electron chi connectivity index (χ0n) is 11.0. The minimum Gasteiger partial charge on any atom is -0.396 e. The van der Waals surface area contributed by atoms with E-state index in [0.717, 1.165) is 4.31 Å². The molecule has 0 saturated carbocycles. The smallest absolute Gasteiger partial charge is 0.301 e. The fourth-order valence-corrected chi connectivity index (χ4v) is 3.44. The van der Waals surface area contributed by atoms with Gasteiger partial charge in [0.05, 0.1) is 0 Å². The van der Waals surface area contributed by atoms with Crippen molar-refractivity contribution in [2.24, 2.45) is 5.92 Å². The number of piperidine rings is 1. The standard InChI is InChI=1S/C12H15F3N2O3S/c13-9-5-10(14)12(11(15)6-9)16-21(19,20)17-3-1-8(7-18)2-4-17/h5-6,8,16,18H,1-4,7H2. The Kier molecular flexibility index (Phi) is 4.74. The van der Waals surface area contributed by atoms with Gasteiger partial charge < -0.3 is 5.11 Å². The lowest BCUT2D eigenvalue weighted by Crippen LogP contribution is -2.42. The second-order valence-electron chi connectivity index (χ2n) is 4.88. The summed E-state index contributed by atoms with van der Waals surface area (Å²) in [5.41, 5.74) is -0.902. The van der Waals surface area contributed by atoms with Crippen molar-refractivity contribution in [3.05, 3.63) is 29.6 Å². The number of hydrogen-bond donors (Lipinski definition) is 2. The minimum absolute atomic E-state index is 0.0238. The highest BCUT2D eigenvalue weighted by molar-refractivity contribution is 7.90. The molecular weight excluding hydrogens is 309 g/mol. The summed E-state index contributed by atoms with van der Waals surface area (Å²) in [6.07, 6.45) is 0.928. The van der Waals surface area contributed by atoms with E-state index < -0.39 is 33.3 Å². The molecule has 5 nitrogen and oxygen atoms in total. The quantitative estimate of drug-likeness (QED) is 0.881. The van der Waals surface area contributed by atoms with Crippen LogP contribution in [0.2, 0.25) is 0 Å². The molecule has 1 aromatic carbocycles. The average Bonchev–Trinajstić information content (AvgIpc) is 2.43. The van der Waals surface area contributed by atoms with Crippen LogP contribution in [0.1, 0.15) is 12.8 Å². The van der Waals surface area contributed by atoms with Crippen LogP contribution in [0.25, 0.3) is 0 Å². The predicted octanol–water partition coefficient (Wildman–Crippen LogP) is 1.46. The van der Waals surface area contributed by atoms with Crippen LogP contribution in [0.4, 0.5) is 18.9 Å². The molecule has 1 heterocycles. The molecule has 9 heteroatoms. The first-order valence-electron chi connectivity index (χ1n) is 6.37. The van der Waals surface area contributed by atoms with E-state index in [9.17, 15) is 21.6 Å². The van der Waals surface area contributed by atoms with E-state index >= 15 is 0 Å². The number of benzene rings is 1. The molecule has 0 unspecified atom stereocenters. The number of nitrogens with zero attached hydrogens (tertiary/aromatic N) is 1. The van der Waals surface area contributed by atoms with Gasteiger partial charge in [0.15, 0.2) is 11.6 Å². The number of aliphatic hydroxyl groups is 1. The zero-order chi connectivity index (χ0) is 15.6. The average molecular weight is 324 g/mol. The summed E-state index contributed by atoms with van der Waals surface area (Å²) in [5.74, 6) is -3.74. The molecule has 2 rings (SSSR count). The Balaban J connectivity index is 2.15. The fraction of sp³-hybridized carbons (Fsp3) is 0.500. The lowest BCUT2D eigenvalue weighted by molar-refractivity contribution is 0.170. The molecule has 1 aliphatic heterocycles.